The Labute approximate surface area is 247 Å². The maximum atomic E-state index is 2.40. The van der Waals surface area contributed by atoms with Crippen molar-refractivity contribution in [3.05, 3.63) is 163 Å². The van der Waals surface area contributed by atoms with Crippen LogP contribution >= 0.6 is 0 Å². The largest absolute Gasteiger partial charge is 0.0836 e. The molecule has 0 bridgehead atoms. The molecule has 8 rings (SSSR count). The van der Waals surface area contributed by atoms with Crippen molar-refractivity contribution in [3.8, 4) is 44.5 Å². The van der Waals surface area contributed by atoms with Gasteiger partial charge in [-0.05, 0) is 108 Å². The molecule has 0 aliphatic heterocycles. The molecule has 0 spiro atoms. The summed E-state index contributed by atoms with van der Waals surface area (Å²) < 4.78 is 0. The zero-order valence-corrected chi connectivity index (χ0v) is 23.4. The minimum absolute atomic E-state index is 1.03. The van der Waals surface area contributed by atoms with E-state index in [4.69, 9.17) is 0 Å². The third kappa shape index (κ3) is 4.16. The van der Waals surface area contributed by atoms with Crippen molar-refractivity contribution in [2.75, 3.05) is 0 Å². The van der Waals surface area contributed by atoms with Crippen molar-refractivity contribution < 1.29 is 0 Å². The zero-order chi connectivity index (χ0) is 27.9. The van der Waals surface area contributed by atoms with Gasteiger partial charge in [-0.1, -0.05) is 140 Å². The summed E-state index contributed by atoms with van der Waals surface area (Å²) >= 11 is 0. The summed E-state index contributed by atoms with van der Waals surface area (Å²) in [5, 5.41) is 5.20. The molecule has 1 aliphatic rings. The number of hydrogen-bond acceptors (Lipinski definition) is 0. The van der Waals surface area contributed by atoms with E-state index in [1.54, 1.807) is 0 Å². The fraction of sp³-hybridized carbons (Fsp3) is 0.0476. The average molecular weight is 535 g/mol. The zero-order valence-electron chi connectivity index (χ0n) is 23.4. The highest BCUT2D eigenvalue weighted by Crippen LogP contribution is 2.47. The van der Waals surface area contributed by atoms with Gasteiger partial charge in [-0.15, -0.1) is 0 Å². The lowest BCUT2D eigenvalue weighted by Gasteiger charge is -2.25. The summed E-state index contributed by atoms with van der Waals surface area (Å²) in [5.74, 6) is 0. The predicted octanol–water partition coefficient (Wildman–Crippen LogP) is 11.6. The third-order valence-corrected chi connectivity index (χ3v) is 8.70. The highest BCUT2D eigenvalue weighted by molar-refractivity contribution is 6.14. The van der Waals surface area contributed by atoms with Gasteiger partial charge in [-0.2, -0.15) is 0 Å². The molecular weight excluding hydrogens is 504 g/mol. The molecule has 0 N–H and O–H groups in total. The van der Waals surface area contributed by atoms with Gasteiger partial charge in [0.15, 0.2) is 0 Å². The smallest absolute Gasteiger partial charge is 0.00235 e. The lowest BCUT2D eigenvalue weighted by Crippen LogP contribution is -2.03. The van der Waals surface area contributed by atoms with E-state index in [0.29, 0.717) is 0 Å². The fourth-order valence-corrected chi connectivity index (χ4v) is 6.81. The highest BCUT2D eigenvalue weighted by Gasteiger charge is 2.23. The number of allylic oxidation sites excluding steroid dienone is 1. The van der Waals surface area contributed by atoms with Crippen LogP contribution in [0.25, 0.3) is 72.1 Å². The van der Waals surface area contributed by atoms with E-state index >= 15 is 0 Å². The molecule has 0 atom stereocenters. The molecule has 7 aromatic rings. The van der Waals surface area contributed by atoms with E-state index in [-0.39, 0.29) is 0 Å². The number of fused-ring (bicyclic) bond motifs is 3. The molecule has 0 heteroatoms. The Morgan fingerprint density at radius 2 is 0.952 bits per heavy atom. The van der Waals surface area contributed by atoms with Gasteiger partial charge in [0.05, 0.1) is 0 Å². The molecule has 7 aromatic carbocycles. The molecule has 1 aliphatic carbocycles. The third-order valence-electron chi connectivity index (χ3n) is 8.70. The van der Waals surface area contributed by atoms with Crippen molar-refractivity contribution in [2.24, 2.45) is 0 Å². The summed E-state index contributed by atoms with van der Waals surface area (Å²) in [6.07, 6.45) is 6.81. The number of hydrogen-bond donors (Lipinski definition) is 0. The van der Waals surface area contributed by atoms with Gasteiger partial charge >= 0.3 is 0 Å². The second-order valence-corrected chi connectivity index (χ2v) is 11.2. The minimum Gasteiger partial charge on any atom is -0.0836 e. The van der Waals surface area contributed by atoms with Gasteiger partial charge in [0.1, 0.15) is 0 Å². The monoisotopic (exact) mass is 534 g/mol. The lowest BCUT2D eigenvalue weighted by molar-refractivity contribution is 0.991. The predicted molar refractivity (Wildman–Crippen MR) is 181 cm³/mol. The summed E-state index contributed by atoms with van der Waals surface area (Å²) in [5.41, 5.74) is 13.1. The van der Waals surface area contributed by atoms with Gasteiger partial charge in [0.25, 0.3) is 0 Å². The van der Waals surface area contributed by atoms with Gasteiger partial charge in [0.2, 0.25) is 0 Å². The van der Waals surface area contributed by atoms with Crippen molar-refractivity contribution >= 4 is 27.6 Å². The van der Waals surface area contributed by atoms with Crippen LogP contribution in [-0.2, 0) is 6.42 Å². The Kier molecular flexibility index (Phi) is 6.04. The van der Waals surface area contributed by atoms with Crippen LogP contribution < -0.4 is 0 Å². The maximum Gasteiger partial charge on any atom is -0.00235 e. The van der Waals surface area contributed by atoms with E-state index in [1.165, 1.54) is 77.2 Å². The first-order chi connectivity index (χ1) is 20.8. The van der Waals surface area contributed by atoms with Crippen LogP contribution in [-0.4, -0.2) is 0 Å². The molecule has 0 saturated heterocycles. The van der Waals surface area contributed by atoms with Crippen LogP contribution in [0.2, 0.25) is 0 Å². The van der Waals surface area contributed by atoms with Crippen molar-refractivity contribution in [1.29, 1.82) is 0 Å². The molecule has 42 heavy (non-hydrogen) atoms. The van der Waals surface area contributed by atoms with Gasteiger partial charge in [0, 0.05) is 0 Å². The first-order valence-corrected chi connectivity index (χ1v) is 14.8. The van der Waals surface area contributed by atoms with E-state index in [0.717, 1.165) is 12.8 Å². The van der Waals surface area contributed by atoms with Gasteiger partial charge in [-0.3, -0.25) is 0 Å². The molecule has 0 aromatic heterocycles. The first-order valence-electron chi connectivity index (χ1n) is 14.8. The van der Waals surface area contributed by atoms with Crippen LogP contribution in [0.1, 0.15) is 17.5 Å². The molecule has 0 saturated carbocycles. The van der Waals surface area contributed by atoms with Gasteiger partial charge < -0.3 is 0 Å². The lowest BCUT2D eigenvalue weighted by atomic mass is 9.79. The number of benzene rings is 7. The van der Waals surface area contributed by atoms with Crippen LogP contribution in [0.3, 0.4) is 0 Å². The Bertz CT molecular complexity index is 2050. The molecule has 0 fully saturated rings. The molecule has 0 nitrogen and oxygen atoms in total. The molecule has 198 valence electrons. The van der Waals surface area contributed by atoms with E-state index in [2.05, 4.69) is 158 Å². The Morgan fingerprint density at radius 3 is 1.64 bits per heavy atom. The Balaban J connectivity index is 1.47. The molecule has 0 radical (unpaired) electrons. The topological polar surface area (TPSA) is 0 Å². The highest BCUT2D eigenvalue weighted by atomic mass is 14.3. The Morgan fingerprint density at radius 1 is 0.405 bits per heavy atom. The fourth-order valence-electron chi connectivity index (χ4n) is 6.81. The quantitative estimate of drug-likeness (QED) is 0.211. The average Bonchev–Trinajstić information content (AvgIpc) is 3.07. The maximum absolute atomic E-state index is 2.40. The van der Waals surface area contributed by atoms with Crippen LogP contribution in [0, 0.1) is 0 Å². The minimum atomic E-state index is 1.03. The van der Waals surface area contributed by atoms with Crippen molar-refractivity contribution in [1.82, 2.24) is 0 Å². The normalized spacial score (nSPS) is 12.5. The van der Waals surface area contributed by atoms with Crippen LogP contribution in [0.15, 0.2) is 152 Å². The van der Waals surface area contributed by atoms with Crippen molar-refractivity contribution in [3.63, 3.8) is 0 Å². The molecular formula is C42H30. The molecule has 0 unspecified atom stereocenters. The van der Waals surface area contributed by atoms with Crippen molar-refractivity contribution in [2.45, 2.75) is 12.8 Å². The SMILES string of the molecule is C1=Cc2c(c(-c3cc(-c4ccccc4)cc(-c4ccccc4)c3)c3ccccc3c2-c2cccc3ccccc23)CC1. The Hall–Kier alpha value is -5.20. The summed E-state index contributed by atoms with van der Waals surface area (Å²) in [6, 6.07) is 53.2. The summed E-state index contributed by atoms with van der Waals surface area (Å²) in [7, 11) is 0. The first kappa shape index (κ1) is 24.6. The van der Waals surface area contributed by atoms with E-state index in [9.17, 15) is 0 Å². The second kappa shape index (κ2) is 10.3. The number of rotatable bonds is 4. The van der Waals surface area contributed by atoms with E-state index in [1.807, 2.05) is 0 Å². The standard InChI is InChI=1S/C42H30/c1-3-14-29(15-4-1)32-26-33(30-16-5-2-6-17-30)28-34(27-32)41-37-21-9-11-23-39(37)42(40-24-12-10-22-38(40)41)36-25-13-19-31-18-7-8-20-35(31)36/h1-9,11-21,23-28H,10,22H2. The van der Waals surface area contributed by atoms with Crippen LogP contribution in [0.5, 0.6) is 0 Å². The van der Waals surface area contributed by atoms with Gasteiger partial charge in [-0.25, -0.2) is 0 Å². The summed E-state index contributed by atoms with van der Waals surface area (Å²) in [4.78, 5) is 0. The molecule has 0 heterocycles. The van der Waals surface area contributed by atoms with Crippen LogP contribution in [0.4, 0.5) is 0 Å². The second-order valence-electron chi connectivity index (χ2n) is 11.2. The molecule has 0 amide bonds. The van der Waals surface area contributed by atoms with E-state index < -0.39 is 0 Å². The summed E-state index contributed by atoms with van der Waals surface area (Å²) in [6.45, 7) is 0.